The van der Waals surface area contributed by atoms with Gasteiger partial charge in [-0.2, -0.15) is 8.78 Å². The minimum absolute atomic E-state index is 0.175. The first-order valence-corrected chi connectivity index (χ1v) is 5.42. The van der Waals surface area contributed by atoms with Gasteiger partial charge in [-0.3, -0.25) is 0 Å². The van der Waals surface area contributed by atoms with E-state index in [1.54, 1.807) is 0 Å². The van der Waals surface area contributed by atoms with Crippen LogP contribution in [0.5, 0.6) is 0 Å². The van der Waals surface area contributed by atoms with E-state index in [4.69, 9.17) is 5.11 Å². The number of rotatable bonds is 4. The quantitative estimate of drug-likeness (QED) is 0.868. The van der Waals surface area contributed by atoms with Crippen LogP contribution in [0.25, 0.3) is 0 Å². The van der Waals surface area contributed by atoms with Gasteiger partial charge in [-0.15, -0.1) is 11.3 Å². The Labute approximate surface area is 88.8 Å². The van der Waals surface area contributed by atoms with Crippen molar-refractivity contribution < 1.29 is 18.7 Å². The van der Waals surface area contributed by atoms with Crippen molar-refractivity contribution in [1.82, 2.24) is 4.98 Å². The fraction of sp³-hybridized carbons (Fsp3) is 0.556. The average molecular weight is 233 g/mol. The lowest BCUT2D eigenvalue weighted by molar-refractivity contribution is -0.164. The van der Waals surface area contributed by atoms with Crippen LogP contribution in [0.1, 0.15) is 29.5 Å². The van der Waals surface area contributed by atoms with Crippen molar-refractivity contribution in [2.45, 2.75) is 31.1 Å². The van der Waals surface area contributed by atoms with Gasteiger partial charge in [0.15, 0.2) is 0 Å². The Morgan fingerprint density at radius 2 is 2.33 bits per heavy atom. The number of carboxylic acids is 1. The van der Waals surface area contributed by atoms with E-state index >= 15 is 0 Å². The summed E-state index contributed by atoms with van der Waals surface area (Å²) in [6, 6.07) is 0. The minimum Gasteiger partial charge on any atom is -0.477 e. The predicted molar refractivity (Wildman–Crippen MR) is 50.4 cm³/mol. The number of aromatic nitrogens is 1. The first-order valence-electron chi connectivity index (χ1n) is 4.54. The summed E-state index contributed by atoms with van der Waals surface area (Å²) in [5, 5.41) is 10.6. The molecule has 82 valence electrons. The standard InChI is InChI=1S/C9H9F2NO2S/c10-9(11,8(13)14)3-6-4-15-7(12-6)5-1-2-5/h4-5H,1-3H2,(H,13,14). The molecule has 1 fully saturated rings. The number of aliphatic carboxylic acids is 1. The van der Waals surface area contributed by atoms with Crippen LogP contribution in [0.4, 0.5) is 8.78 Å². The molecule has 0 amide bonds. The molecule has 1 saturated carbocycles. The second-order valence-corrected chi connectivity index (χ2v) is 4.53. The molecule has 0 unspecified atom stereocenters. The van der Waals surface area contributed by atoms with E-state index in [1.165, 1.54) is 16.7 Å². The number of hydrogen-bond donors (Lipinski definition) is 1. The minimum atomic E-state index is -3.71. The molecule has 0 saturated heterocycles. The van der Waals surface area contributed by atoms with Gasteiger partial charge in [0.1, 0.15) is 0 Å². The summed E-state index contributed by atoms with van der Waals surface area (Å²) >= 11 is 1.34. The summed E-state index contributed by atoms with van der Waals surface area (Å²) in [4.78, 5) is 14.2. The Bertz CT molecular complexity index is 387. The van der Waals surface area contributed by atoms with E-state index < -0.39 is 18.3 Å². The van der Waals surface area contributed by atoms with Gasteiger partial charge >= 0.3 is 11.9 Å². The first kappa shape index (κ1) is 10.5. The summed E-state index contributed by atoms with van der Waals surface area (Å²) in [5.74, 6) is -5.39. The number of nitrogens with zero attached hydrogens (tertiary/aromatic N) is 1. The molecule has 1 aromatic rings. The smallest absolute Gasteiger partial charge is 0.374 e. The van der Waals surface area contributed by atoms with Gasteiger partial charge in [0.2, 0.25) is 0 Å². The third-order valence-electron chi connectivity index (χ3n) is 2.21. The topological polar surface area (TPSA) is 50.2 Å². The van der Waals surface area contributed by atoms with E-state index in [0.29, 0.717) is 5.92 Å². The maximum absolute atomic E-state index is 12.8. The van der Waals surface area contributed by atoms with Crippen molar-refractivity contribution in [2.75, 3.05) is 0 Å². The van der Waals surface area contributed by atoms with Gasteiger partial charge in [0.05, 0.1) is 17.1 Å². The van der Waals surface area contributed by atoms with Crippen molar-refractivity contribution in [3.63, 3.8) is 0 Å². The Kier molecular flexibility index (Phi) is 2.46. The average Bonchev–Trinajstić information content (AvgIpc) is 2.88. The Morgan fingerprint density at radius 1 is 1.67 bits per heavy atom. The van der Waals surface area contributed by atoms with Crippen LogP contribution in [0, 0.1) is 0 Å². The van der Waals surface area contributed by atoms with Gasteiger partial charge in [-0.25, -0.2) is 9.78 Å². The van der Waals surface area contributed by atoms with Gasteiger partial charge < -0.3 is 5.11 Å². The second kappa shape index (κ2) is 3.52. The zero-order chi connectivity index (χ0) is 11.1. The molecule has 1 heterocycles. The van der Waals surface area contributed by atoms with Crippen LogP contribution in [0.15, 0.2) is 5.38 Å². The molecule has 6 heteroatoms. The molecule has 1 aliphatic carbocycles. The van der Waals surface area contributed by atoms with E-state index in [-0.39, 0.29) is 5.69 Å². The number of alkyl halides is 2. The number of carbonyl (C=O) groups is 1. The summed E-state index contributed by atoms with van der Waals surface area (Å²) in [5.41, 5.74) is 0.175. The molecule has 0 bridgehead atoms. The fourth-order valence-corrected chi connectivity index (χ4v) is 2.22. The highest BCUT2D eigenvalue weighted by Gasteiger charge is 2.40. The molecule has 15 heavy (non-hydrogen) atoms. The molecule has 3 nitrogen and oxygen atoms in total. The SMILES string of the molecule is O=C(O)C(F)(F)Cc1csc(C2CC2)n1. The number of hydrogen-bond acceptors (Lipinski definition) is 3. The van der Waals surface area contributed by atoms with Gasteiger partial charge in [-0.05, 0) is 12.8 Å². The fourth-order valence-electron chi connectivity index (χ4n) is 1.22. The van der Waals surface area contributed by atoms with Crippen molar-refractivity contribution >= 4 is 17.3 Å². The third kappa shape index (κ3) is 2.31. The van der Waals surface area contributed by atoms with E-state index in [9.17, 15) is 13.6 Å². The molecule has 2 rings (SSSR count). The Balaban J connectivity index is 2.06. The van der Waals surface area contributed by atoms with Crippen LogP contribution in [-0.2, 0) is 11.2 Å². The second-order valence-electron chi connectivity index (χ2n) is 3.64. The van der Waals surface area contributed by atoms with E-state index in [2.05, 4.69) is 4.98 Å². The lowest BCUT2D eigenvalue weighted by Gasteiger charge is -2.08. The maximum atomic E-state index is 12.8. The van der Waals surface area contributed by atoms with E-state index in [1.807, 2.05) is 0 Å². The van der Waals surface area contributed by atoms with Crippen molar-refractivity contribution in [3.8, 4) is 0 Å². The molecule has 1 aromatic heterocycles. The highest BCUT2D eigenvalue weighted by atomic mass is 32.1. The lowest BCUT2D eigenvalue weighted by atomic mass is 10.2. The number of carboxylic acid groups (broad SMARTS) is 1. The van der Waals surface area contributed by atoms with Crippen LogP contribution in [-0.4, -0.2) is 22.0 Å². The number of halogens is 2. The van der Waals surface area contributed by atoms with Crippen LogP contribution < -0.4 is 0 Å². The molecular formula is C9H9F2NO2S. The van der Waals surface area contributed by atoms with E-state index in [0.717, 1.165) is 17.8 Å². The normalized spacial score (nSPS) is 16.7. The molecule has 0 spiro atoms. The van der Waals surface area contributed by atoms with Crippen LogP contribution >= 0.6 is 11.3 Å². The lowest BCUT2D eigenvalue weighted by Crippen LogP contribution is -2.30. The largest absolute Gasteiger partial charge is 0.477 e. The summed E-state index contributed by atoms with van der Waals surface area (Å²) in [7, 11) is 0. The van der Waals surface area contributed by atoms with Crippen molar-refractivity contribution in [1.29, 1.82) is 0 Å². The zero-order valence-electron chi connectivity index (χ0n) is 7.74. The molecule has 0 aromatic carbocycles. The maximum Gasteiger partial charge on any atom is 0.374 e. The monoisotopic (exact) mass is 233 g/mol. The predicted octanol–water partition coefficient (Wildman–Crippen LogP) is 2.28. The third-order valence-corrected chi connectivity index (χ3v) is 3.27. The molecule has 1 N–H and O–H groups in total. The molecule has 0 atom stereocenters. The summed E-state index contributed by atoms with van der Waals surface area (Å²) in [6.07, 6.45) is 1.30. The van der Waals surface area contributed by atoms with Gasteiger partial charge in [-0.1, -0.05) is 0 Å². The highest BCUT2D eigenvalue weighted by Crippen LogP contribution is 2.41. The molecule has 0 aliphatic heterocycles. The summed E-state index contributed by atoms with van der Waals surface area (Å²) < 4.78 is 25.6. The molecular weight excluding hydrogens is 224 g/mol. The van der Waals surface area contributed by atoms with Crippen LogP contribution in [0.2, 0.25) is 0 Å². The zero-order valence-corrected chi connectivity index (χ0v) is 8.56. The molecule has 0 radical (unpaired) electrons. The number of thiazole rings is 1. The Hall–Kier alpha value is -1.04. The molecule has 1 aliphatic rings. The van der Waals surface area contributed by atoms with Crippen molar-refractivity contribution in [2.24, 2.45) is 0 Å². The van der Waals surface area contributed by atoms with Gasteiger partial charge in [0, 0.05) is 11.3 Å². The van der Waals surface area contributed by atoms with Crippen molar-refractivity contribution in [3.05, 3.63) is 16.1 Å². The Morgan fingerprint density at radius 3 is 2.87 bits per heavy atom. The highest BCUT2D eigenvalue weighted by molar-refractivity contribution is 7.09. The van der Waals surface area contributed by atoms with Crippen LogP contribution in [0.3, 0.4) is 0 Å². The summed E-state index contributed by atoms with van der Waals surface area (Å²) in [6.45, 7) is 0. The van der Waals surface area contributed by atoms with Gasteiger partial charge in [0.25, 0.3) is 0 Å². The first-order chi connectivity index (χ1) is 6.99.